The average molecular weight is 216 g/mol. The molecular weight excluding hydrogens is 202 g/mol. The van der Waals surface area contributed by atoms with E-state index in [4.69, 9.17) is 5.73 Å². The molecule has 0 fully saturated rings. The van der Waals surface area contributed by atoms with Crippen LogP contribution in [0.4, 0.5) is 8.78 Å². The Kier molecular flexibility index (Phi) is 2.83. The van der Waals surface area contributed by atoms with Crippen molar-refractivity contribution in [2.24, 2.45) is 5.73 Å². The molecule has 0 saturated carbocycles. The van der Waals surface area contributed by atoms with Crippen LogP contribution in [0, 0.1) is 0 Å². The summed E-state index contributed by atoms with van der Waals surface area (Å²) in [6, 6.07) is 0.0131. The molecule has 0 aliphatic rings. The molecule has 1 aromatic rings. The molecule has 3 nitrogen and oxygen atoms in total. The van der Waals surface area contributed by atoms with Crippen LogP contribution in [-0.4, -0.2) is 10.5 Å². The van der Waals surface area contributed by atoms with Gasteiger partial charge in [0.2, 0.25) is 0 Å². The Hall–Kier alpha value is -1.39. The molecule has 0 atom stereocenters. The maximum Gasteiger partial charge on any atom is 0.272 e. The summed E-state index contributed by atoms with van der Waals surface area (Å²) in [4.78, 5) is 11.0. The van der Waals surface area contributed by atoms with Crippen LogP contribution in [0.5, 0.6) is 0 Å². The fraction of sp³-hybridized carbons (Fsp3) is 0.500. The minimum atomic E-state index is -3.05. The Balaban J connectivity index is 3.30. The number of nitrogens with two attached hydrogens (primary N) is 1. The summed E-state index contributed by atoms with van der Waals surface area (Å²) in [7, 11) is 0. The molecule has 0 spiro atoms. The van der Waals surface area contributed by atoms with Gasteiger partial charge in [0, 0.05) is 25.4 Å². The van der Waals surface area contributed by atoms with Gasteiger partial charge >= 0.3 is 0 Å². The third-order valence-electron chi connectivity index (χ3n) is 2.18. The van der Waals surface area contributed by atoms with Crippen LogP contribution in [0.1, 0.15) is 42.7 Å². The third kappa shape index (κ3) is 2.34. The zero-order chi connectivity index (χ0) is 11.8. The topological polar surface area (TPSA) is 48.0 Å². The van der Waals surface area contributed by atoms with Crippen LogP contribution in [0.3, 0.4) is 0 Å². The SMILES string of the molecule is CC(C)n1cc(C(N)=O)c(C(C)(F)F)c1. The Bertz CT molecular complexity index is 377. The van der Waals surface area contributed by atoms with Crippen LogP contribution >= 0.6 is 0 Å². The van der Waals surface area contributed by atoms with Gasteiger partial charge in [0.05, 0.1) is 11.1 Å². The molecular formula is C10H14F2N2O. The number of amides is 1. The highest BCUT2D eigenvalue weighted by Crippen LogP contribution is 2.31. The van der Waals surface area contributed by atoms with Gasteiger partial charge in [-0.2, -0.15) is 0 Å². The van der Waals surface area contributed by atoms with E-state index in [0.717, 1.165) is 6.92 Å². The first-order chi connectivity index (χ1) is 6.73. The van der Waals surface area contributed by atoms with Gasteiger partial charge in [0.1, 0.15) is 0 Å². The summed E-state index contributed by atoms with van der Waals surface area (Å²) in [6.45, 7) is 4.42. The Labute approximate surface area is 86.9 Å². The van der Waals surface area contributed by atoms with Crippen LogP contribution in [0.15, 0.2) is 12.4 Å². The zero-order valence-corrected chi connectivity index (χ0v) is 8.92. The van der Waals surface area contributed by atoms with Gasteiger partial charge in [0.15, 0.2) is 0 Å². The molecule has 0 radical (unpaired) electrons. The zero-order valence-electron chi connectivity index (χ0n) is 8.92. The maximum atomic E-state index is 13.1. The number of aromatic nitrogens is 1. The standard InChI is InChI=1S/C10H14F2N2O/c1-6(2)14-4-7(9(13)15)8(5-14)10(3,11)12/h4-6H,1-3H3,(H2,13,15). The molecule has 0 bridgehead atoms. The second kappa shape index (κ2) is 3.64. The van der Waals surface area contributed by atoms with Gasteiger partial charge < -0.3 is 10.3 Å². The van der Waals surface area contributed by atoms with Gasteiger partial charge in [-0.05, 0) is 13.8 Å². The normalized spacial score (nSPS) is 12.1. The predicted molar refractivity (Wildman–Crippen MR) is 52.9 cm³/mol. The predicted octanol–water partition coefficient (Wildman–Crippen LogP) is 2.28. The van der Waals surface area contributed by atoms with Gasteiger partial charge in [-0.15, -0.1) is 0 Å². The number of rotatable bonds is 3. The van der Waals surface area contributed by atoms with Crippen molar-refractivity contribution in [1.29, 1.82) is 0 Å². The number of halogens is 2. The van der Waals surface area contributed by atoms with Crippen molar-refractivity contribution >= 4 is 5.91 Å². The minimum absolute atomic E-state index is 0.0131. The molecule has 0 aliphatic heterocycles. The van der Waals surface area contributed by atoms with Crippen molar-refractivity contribution in [3.63, 3.8) is 0 Å². The lowest BCUT2D eigenvalue weighted by molar-refractivity contribution is 0.0165. The molecule has 1 aromatic heterocycles. The second-order valence-corrected chi connectivity index (χ2v) is 3.88. The molecule has 0 unspecified atom stereocenters. The highest BCUT2D eigenvalue weighted by Gasteiger charge is 2.31. The van der Waals surface area contributed by atoms with E-state index in [-0.39, 0.29) is 17.2 Å². The van der Waals surface area contributed by atoms with Crippen LogP contribution in [0.2, 0.25) is 0 Å². The first kappa shape index (κ1) is 11.7. The molecule has 2 N–H and O–H groups in total. The van der Waals surface area contributed by atoms with Crippen molar-refractivity contribution in [3.8, 4) is 0 Å². The molecule has 5 heteroatoms. The summed E-state index contributed by atoms with van der Waals surface area (Å²) in [5.41, 5.74) is 4.61. The lowest BCUT2D eigenvalue weighted by atomic mass is 10.1. The fourth-order valence-corrected chi connectivity index (χ4v) is 1.32. The first-order valence-electron chi connectivity index (χ1n) is 4.63. The van der Waals surface area contributed by atoms with E-state index in [1.165, 1.54) is 12.4 Å². The van der Waals surface area contributed by atoms with Gasteiger partial charge in [-0.3, -0.25) is 4.79 Å². The minimum Gasteiger partial charge on any atom is -0.366 e. The number of nitrogens with zero attached hydrogens (tertiary/aromatic N) is 1. The molecule has 1 heterocycles. The van der Waals surface area contributed by atoms with E-state index >= 15 is 0 Å². The lowest BCUT2D eigenvalue weighted by Gasteiger charge is -2.09. The summed E-state index contributed by atoms with van der Waals surface area (Å²) < 4.78 is 27.8. The van der Waals surface area contributed by atoms with Crippen molar-refractivity contribution < 1.29 is 13.6 Å². The van der Waals surface area contributed by atoms with Crippen molar-refractivity contribution in [3.05, 3.63) is 23.5 Å². The smallest absolute Gasteiger partial charge is 0.272 e. The first-order valence-corrected chi connectivity index (χ1v) is 4.63. The number of primary amides is 1. The van der Waals surface area contributed by atoms with Crippen LogP contribution < -0.4 is 5.73 Å². The number of hydrogen-bond donors (Lipinski definition) is 1. The largest absolute Gasteiger partial charge is 0.366 e. The van der Waals surface area contributed by atoms with Crippen molar-refractivity contribution in [2.45, 2.75) is 32.7 Å². The van der Waals surface area contributed by atoms with E-state index in [9.17, 15) is 13.6 Å². The quantitative estimate of drug-likeness (QED) is 0.827. The van der Waals surface area contributed by atoms with Gasteiger partial charge in [0.25, 0.3) is 11.8 Å². The molecule has 0 aromatic carbocycles. The van der Waals surface area contributed by atoms with Crippen LogP contribution in [-0.2, 0) is 5.92 Å². The van der Waals surface area contributed by atoms with E-state index in [2.05, 4.69) is 0 Å². The Morgan fingerprint density at radius 3 is 2.27 bits per heavy atom. The third-order valence-corrected chi connectivity index (χ3v) is 2.18. The highest BCUT2D eigenvalue weighted by molar-refractivity contribution is 5.94. The monoisotopic (exact) mass is 216 g/mol. The lowest BCUT2D eigenvalue weighted by Crippen LogP contribution is -2.17. The molecule has 0 aliphatic carbocycles. The van der Waals surface area contributed by atoms with E-state index in [1.807, 2.05) is 13.8 Å². The van der Waals surface area contributed by atoms with Crippen molar-refractivity contribution in [2.75, 3.05) is 0 Å². The second-order valence-electron chi connectivity index (χ2n) is 3.88. The van der Waals surface area contributed by atoms with Gasteiger partial charge in [-0.1, -0.05) is 0 Å². The fourth-order valence-electron chi connectivity index (χ4n) is 1.32. The molecule has 0 saturated heterocycles. The van der Waals surface area contributed by atoms with Crippen LogP contribution in [0.25, 0.3) is 0 Å². The number of carbonyl (C=O) groups excluding carboxylic acids is 1. The average Bonchev–Trinajstić information content (AvgIpc) is 2.45. The van der Waals surface area contributed by atoms with E-state index in [0.29, 0.717) is 0 Å². The Morgan fingerprint density at radius 1 is 1.47 bits per heavy atom. The van der Waals surface area contributed by atoms with E-state index in [1.54, 1.807) is 4.57 Å². The summed E-state index contributed by atoms with van der Waals surface area (Å²) in [5.74, 6) is -3.88. The number of carbonyl (C=O) groups is 1. The summed E-state index contributed by atoms with van der Waals surface area (Å²) in [5, 5.41) is 0. The molecule has 15 heavy (non-hydrogen) atoms. The van der Waals surface area contributed by atoms with E-state index < -0.39 is 11.8 Å². The molecule has 1 rings (SSSR count). The number of hydrogen-bond acceptors (Lipinski definition) is 1. The van der Waals surface area contributed by atoms with Crippen molar-refractivity contribution in [1.82, 2.24) is 4.57 Å². The number of alkyl halides is 2. The molecule has 1 amide bonds. The highest BCUT2D eigenvalue weighted by atomic mass is 19.3. The summed E-state index contributed by atoms with van der Waals surface area (Å²) >= 11 is 0. The Morgan fingerprint density at radius 2 is 2.00 bits per heavy atom. The maximum absolute atomic E-state index is 13.1. The summed E-state index contributed by atoms with van der Waals surface area (Å²) in [6.07, 6.45) is 2.63. The van der Waals surface area contributed by atoms with Gasteiger partial charge in [-0.25, -0.2) is 8.78 Å². The molecule has 84 valence electrons.